The summed E-state index contributed by atoms with van der Waals surface area (Å²) in [6.07, 6.45) is 3.64. The van der Waals surface area contributed by atoms with Crippen molar-refractivity contribution in [1.29, 1.82) is 0 Å². The third kappa shape index (κ3) is 4.52. The molecule has 170 valence electrons. The van der Waals surface area contributed by atoms with Crippen LogP contribution >= 0.6 is 0 Å². The number of rotatable bonds is 5. The summed E-state index contributed by atoms with van der Waals surface area (Å²) >= 11 is 0. The molecule has 0 atom stereocenters. The summed E-state index contributed by atoms with van der Waals surface area (Å²) in [7, 11) is 0. The van der Waals surface area contributed by atoms with Crippen molar-refractivity contribution in [2.75, 3.05) is 0 Å². The van der Waals surface area contributed by atoms with E-state index in [-0.39, 0.29) is 0 Å². The summed E-state index contributed by atoms with van der Waals surface area (Å²) < 4.78 is 0. The molecule has 0 saturated carbocycles. The lowest BCUT2D eigenvalue weighted by atomic mass is 9.98. The Morgan fingerprint density at radius 1 is 0.306 bits per heavy atom. The van der Waals surface area contributed by atoms with Gasteiger partial charge in [0, 0.05) is 29.1 Å². The van der Waals surface area contributed by atoms with Crippen molar-refractivity contribution in [1.82, 2.24) is 19.9 Å². The second-order valence-electron chi connectivity index (χ2n) is 8.44. The molecular weight excluding hydrogens is 440 g/mol. The molecule has 0 aliphatic carbocycles. The van der Waals surface area contributed by atoms with Crippen LogP contribution in [0.5, 0.6) is 0 Å². The summed E-state index contributed by atoms with van der Waals surface area (Å²) in [6, 6.07) is 41.0. The lowest BCUT2D eigenvalue weighted by Gasteiger charge is -2.10. The average Bonchev–Trinajstić information content (AvgIpc) is 2.98. The van der Waals surface area contributed by atoms with Crippen LogP contribution in [0.15, 0.2) is 134 Å². The van der Waals surface area contributed by atoms with Gasteiger partial charge < -0.3 is 0 Å². The molecule has 0 N–H and O–H groups in total. The van der Waals surface area contributed by atoms with Gasteiger partial charge in [-0.15, -0.1) is 0 Å². The Morgan fingerprint density at radius 2 is 0.694 bits per heavy atom. The molecule has 0 unspecified atom stereocenters. The predicted octanol–water partition coefficient (Wildman–Crippen LogP) is 7.60. The van der Waals surface area contributed by atoms with Crippen LogP contribution in [-0.4, -0.2) is 19.9 Å². The Balaban J connectivity index is 1.45. The summed E-state index contributed by atoms with van der Waals surface area (Å²) in [5.41, 5.74) is 7.38. The van der Waals surface area contributed by atoms with Crippen molar-refractivity contribution in [3.63, 3.8) is 0 Å². The van der Waals surface area contributed by atoms with Crippen LogP contribution in [0, 0.1) is 0 Å². The zero-order chi connectivity index (χ0) is 24.2. The van der Waals surface area contributed by atoms with E-state index in [0.29, 0.717) is 17.5 Å². The Labute approximate surface area is 210 Å². The average molecular weight is 463 g/mol. The number of benzene rings is 4. The van der Waals surface area contributed by atoms with Gasteiger partial charge in [0.05, 0.1) is 0 Å². The largest absolute Gasteiger partial charge is 0.265 e. The summed E-state index contributed by atoms with van der Waals surface area (Å²) in [5.74, 6) is 1.96. The third-order valence-corrected chi connectivity index (χ3v) is 6.03. The van der Waals surface area contributed by atoms with Crippen molar-refractivity contribution >= 4 is 0 Å². The van der Waals surface area contributed by atoms with E-state index in [1.807, 2.05) is 85.2 Å². The van der Waals surface area contributed by atoms with Crippen molar-refractivity contribution < 1.29 is 0 Å². The number of aromatic nitrogens is 4. The molecule has 6 aromatic rings. The van der Waals surface area contributed by atoms with Crippen molar-refractivity contribution in [2.24, 2.45) is 0 Å². The molecule has 2 aromatic heterocycles. The van der Waals surface area contributed by atoms with E-state index < -0.39 is 0 Å². The number of hydrogen-bond donors (Lipinski definition) is 0. The Kier molecular flexibility index (Phi) is 5.83. The minimum atomic E-state index is 0.648. The molecule has 0 spiro atoms. The summed E-state index contributed by atoms with van der Waals surface area (Å²) in [6.45, 7) is 0. The minimum absolute atomic E-state index is 0.648. The molecule has 36 heavy (non-hydrogen) atoms. The zero-order valence-corrected chi connectivity index (χ0v) is 19.5. The molecular formula is C32H22N4. The van der Waals surface area contributed by atoms with E-state index >= 15 is 0 Å². The first-order valence-corrected chi connectivity index (χ1v) is 11.8. The Hall–Kier alpha value is -4.96. The van der Waals surface area contributed by atoms with Crippen LogP contribution in [0.25, 0.3) is 56.4 Å². The highest BCUT2D eigenvalue weighted by Crippen LogP contribution is 2.30. The molecule has 4 aromatic carbocycles. The highest BCUT2D eigenvalue weighted by atomic mass is 15.0. The van der Waals surface area contributed by atoms with E-state index in [1.54, 1.807) is 0 Å². The van der Waals surface area contributed by atoms with Gasteiger partial charge in [0.15, 0.2) is 17.5 Å². The Morgan fingerprint density at radius 3 is 1.22 bits per heavy atom. The van der Waals surface area contributed by atoms with Gasteiger partial charge in [-0.25, -0.2) is 15.0 Å². The van der Waals surface area contributed by atoms with Gasteiger partial charge in [0.1, 0.15) is 0 Å². The maximum atomic E-state index is 4.87. The fraction of sp³-hybridized carbons (Fsp3) is 0. The number of nitrogens with zero attached hydrogens (tertiary/aromatic N) is 4. The molecule has 0 bridgehead atoms. The van der Waals surface area contributed by atoms with Crippen molar-refractivity contribution in [3.8, 4) is 56.4 Å². The maximum Gasteiger partial charge on any atom is 0.164 e. The minimum Gasteiger partial charge on any atom is -0.265 e. The van der Waals surface area contributed by atoms with E-state index in [9.17, 15) is 0 Å². The quantitative estimate of drug-likeness (QED) is 0.265. The van der Waals surface area contributed by atoms with Gasteiger partial charge >= 0.3 is 0 Å². The summed E-state index contributed by atoms with van der Waals surface area (Å²) in [5, 5.41) is 0. The predicted molar refractivity (Wildman–Crippen MR) is 145 cm³/mol. The smallest absolute Gasteiger partial charge is 0.164 e. The molecule has 6 rings (SSSR count). The molecule has 2 heterocycles. The zero-order valence-electron chi connectivity index (χ0n) is 19.5. The number of pyridine rings is 1. The van der Waals surface area contributed by atoms with Gasteiger partial charge in [-0.2, -0.15) is 0 Å². The standard InChI is InChI=1S/C32H22N4/c1-3-9-24(10-4-1)30-34-31(25-11-5-2-6-12-25)36-32(35-30)29-16-8-15-28(22-29)27-14-7-13-26(21-27)23-17-19-33-20-18-23/h1-22H. The fourth-order valence-electron chi connectivity index (χ4n) is 4.20. The lowest BCUT2D eigenvalue weighted by molar-refractivity contribution is 1.07. The van der Waals surface area contributed by atoms with Crippen LogP contribution < -0.4 is 0 Å². The van der Waals surface area contributed by atoms with Crippen LogP contribution in [0.1, 0.15) is 0 Å². The first-order valence-electron chi connectivity index (χ1n) is 11.8. The van der Waals surface area contributed by atoms with E-state index in [1.165, 1.54) is 0 Å². The van der Waals surface area contributed by atoms with Crippen LogP contribution in [-0.2, 0) is 0 Å². The molecule has 0 aliphatic rings. The highest BCUT2D eigenvalue weighted by Gasteiger charge is 2.13. The van der Waals surface area contributed by atoms with E-state index in [4.69, 9.17) is 15.0 Å². The lowest BCUT2D eigenvalue weighted by Crippen LogP contribution is -2.00. The summed E-state index contributed by atoms with van der Waals surface area (Å²) in [4.78, 5) is 18.7. The molecule has 0 aliphatic heterocycles. The fourth-order valence-corrected chi connectivity index (χ4v) is 4.20. The topological polar surface area (TPSA) is 51.6 Å². The van der Waals surface area contributed by atoms with Gasteiger partial charge in [-0.3, -0.25) is 4.98 Å². The second kappa shape index (κ2) is 9.72. The number of hydrogen-bond acceptors (Lipinski definition) is 4. The van der Waals surface area contributed by atoms with Gasteiger partial charge in [0.2, 0.25) is 0 Å². The van der Waals surface area contributed by atoms with Crippen molar-refractivity contribution in [3.05, 3.63) is 134 Å². The van der Waals surface area contributed by atoms with Gasteiger partial charge in [-0.1, -0.05) is 97.1 Å². The second-order valence-corrected chi connectivity index (χ2v) is 8.44. The van der Waals surface area contributed by atoms with Gasteiger partial charge in [-0.05, 0) is 46.5 Å². The third-order valence-electron chi connectivity index (χ3n) is 6.03. The molecule has 0 fully saturated rings. The Bertz CT molecular complexity index is 1560. The first-order chi connectivity index (χ1) is 17.8. The molecule has 0 radical (unpaired) electrons. The molecule has 0 saturated heterocycles. The normalized spacial score (nSPS) is 10.8. The van der Waals surface area contributed by atoms with Crippen LogP contribution in [0.4, 0.5) is 0 Å². The van der Waals surface area contributed by atoms with Gasteiger partial charge in [0.25, 0.3) is 0 Å². The van der Waals surface area contributed by atoms with Crippen LogP contribution in [0.3, 0.4) is 0 Å². The molecule has 4 heteroatoms. The van der Waals surface area contributed by atoms with Crippen LogP contribution in [0.2, 0.25) is 0 Å². The monoisotopic (exact) mass is 462 g/mol. The van der Waals surface area contributed by atoms with E-state index in [2.05, 4.69) is 53.5 Å². The molecule has 4 nitrogen and oxygen atoms in total. The van der Waals surface area contributed by atoms with Crippen molar-refractivity contribution in [2.45, 2.75) is 0 Å². The van der Waals surface area contributed by atoms with E-state index in [0.717, 1.165) is 38.9 Å². The SMILES string of the molecule is c1ccc(-c2nc(-c3ccccc3)nc(-c3cccc(-c4cccc(-c5ccncc5)c4)c3)n2)cc1. The maximum absolute atomic E-state index is 4.87. The molecule has 0 amide bonds. The first kappa shape index (κ1) is 21.6. The highest BCUT2D eigenvalue weighted by molar-refractivity contribution is 5.76.